The molecule has 0 spiro atoms. The standard InChI is InChI=1S/C17H14BrFN2/c18-15-7-12(8-16(19)9-15)10-20-11-14-4-1-3-13-5-2-6-21-17(13)14/h1-9,20H,10-11H2. The number of benzene rings is 2. The number of hydrogen-bond acceptors (Lipinski definition) is 2. The van der Waals surface area contributed by atoms with E-state index in [4.69, 9.17) is 0 Å². The number of hydrogen-bond donors (Lipinski definition) is 1. The molecule has 0 aliphatic carbocycles. The van der Waals surface area contributed by atoms with Crippen molar-refractivity contribution in [1.29, 1.82) is 0 Å². The summed E-state index contributed by atoms with van der Waals surface area (Å²) in [4.78, 5) is 4.43. The van der Waals surface area contributed by atoms with Gasteiger partial charge in [-0.2, -0.15) is 0 Å². The second kappa shape index (κ2) is 6.33. The molecule has 106 valence electrons. The third-order valence-electron chi connectivity index (χ3n) is 3.28. The van der Waals surface area contributed by atoms with Gasteiger partial charge in [0.05, 0.1) is 5.52 Å². The Morgan fingerprint density at radius 2 is 1.90 bits per heavy atom. The molecule has 2 aromatic carbocycles. The van der Waals surface area contributed by atoms with Crippen LogP contribution in [-0.2, 0) is 13.1 Å². The maximum Gasteiger partial charge on any atom is 0.124 e. The molecule has 0 radical (unpaired) electrons. The van der Waals surface area contributed by atoms with Crippen molar-refractivity contribution in [3.63, 3.8) is 0 Å². The van der Waals surface area contributed by atoms with E-state index in [9.17, 15) is 4.39 Å². The average molecular weight is 345 g/mol. The van der Waals surface area contributed by atoms with E-state index in [0.717, 1.165) is 26.5 Å². The third-order valence-corrected chi connectivity index (χ3v) is 3.74. The lowest BCUT2D eigenvalue weighted by molar-refractivity contribution is 0.619. The molecule has 3 rings (SSSR count). The second-order valence-electron chi connectivity index (χ2n) is 4.87. The van der Waals surface area contributed by atoms with Crippen LogP contribution in [0.5, 0.6) is 0 Å². The molecule has 1 aromatic heterocycles. The van der Waals surface area contributed by atoms with Gasteiger partial charge in [-0.05, 0) is 35.4 Å². The van der Waals surface area contributed by atoms with Crippen LogP contribution in [0.15, 0.2) is 59.2 Å². The maximum absolute atomic E-state index is 13.3. The zero-order valence-electron chi connectivity index (χ0n) is 11.3. The summed E-state index contributed by atoms with van der Waals surface area (Å²) in [6.07, 6.45) is 1.80. The number of pyridine rings is 1. The van der Waals surface area contributed by atoms with Gasteiger partial charge in [-0.1, -0.05) is 40.2 Å². The summed E-state index contributed by atoms with van der Waals surface area (Å²) in [7, 11) is 0. The fraction of sp³-hybridized carbons (Fsp3) is 0.118. The minimum Gasteiger partial charge on any atom is -0.309 e. The number of aromatic nitrogens is 1. The van der Waals surface area contributed by atoms with Crippen molar-refractivity contribution in [1.82, 2.24) is 10.3 Å². The van der Waals surface area contributed by atoms with Gasteiger partial charge in [-0.25, -0.2) is 4.39 Å². The Hall–Kier alpha value is -1.78. The monoisotopic (exact) mass is 344 g/mol. The first kappa shape index (κ1) is 14.2. The van der Waals surface area contributed by atoms with Crippen LogP contribution >= 0.6 is 15.9 Å². The maximum atomic E-state index is 13.3. The fourth-order valence-corrected chi connectivity index (χ4v) is 2.88. The summed E-state index contributed by atoms with van der Waals surface area (Å²) in [5.41, 5.74) is 3.06. The van der Waals surface area contributed by atoms with E-state index in [1.807, 2.05) is 18.2 Å². The van der Waals surface area contributed by atoms with E-state index in [0.29, 0.717) is 13.1 Å². The Kier molecular flexibility index (Phi) is 4.27. The number of rotatable bonds is 4. The lowest BCUT2D eigenvalue weighted by atomic mass is 10.1. The van der Waals surface area contributed by atoms with Gasteiger partial charge in [0.1, 0.15) is 5.82 Å². The van der Waals surface area contributed by atoms with E-state index in [-0.39, 0.29) is 5.82 Å². The van der Waals surface area contributed by atoms with Crippen LogP contribution in [0.2, 0.25) is 0 Å². The smallest absolute Gasteiger partial charge is 0.124 e. The highest BCUT2D eigenvalue weighted by atomic mass is 79.9. The van der Waals surface area contributed by atoms with Crippen LogP contribution in [0, 0.1) is 5.82 Å². The number of fused-ring (bicyclic) bond motifs is 1. The van der Waals surface area contributed by atoms with E-state index < -0.39 is 0 Å². The van der Waals surface area contributed by atoms with Crippen LogP contribution in [0.25, 0.3) is 10.9 Å². The Morgan fingerprint density at radius 1 is 1.05 bits per heavy atom. The Labute approximate surface area is 131 Å². The Morgan fingerprint density at radius 3 is 2.76 bits per heavy atom. The first-order valence-electron chi connectivity index (χ1n) is 6.71. The first-order valence-corrected chi connectivity index (χ1v) is 7.50. The molecule has 2 nitrogen and oxygen atoms in total. The van der Waals surface area contributed by atoms with Gasteiger partial charge in [0.2, 0.25) is 0 Å². The SMILES string of the molecule is Fc1cc(Br)cc(CNCc2cccc3cccnc23)c1. The third kappa shape index (κ3) is 3.46. The normalized spacial score (nSPS) is 11.0. The number of halogens is 2. The van der Waals surface area contributed by atoms with Crippen molar-refractivity contribution in [3.8, 4) is 0 Å². The summed E-state index contributed by atoms with van der Waals surface area (Å²) in [5.74, 6) is -0.229. The molecule has 0 amide bonds. The molecule has 1 heterocycles. The summed E-state index contributed by atoms with van der Waals surface area (Å²) in [5, 5.41) is 4.47. The fourth-order valence-electron chi connectivity index (χ4n) is 2.36. The van der Waals surface area contributed by atoms with Gasteiger partial charge < -0.3 is 5.32 Å². The minimum atomic E-state index is -0.229. The lowest BCUT2D eigenvalue weighted by Gasteiger charge is -2.08. The summed E-state index contributed by atoms with van der Waals surface area (Å²) in [6, 6.07) is 15.0. The van der Waals surface area contributed by atoms with Crippen molar-refractivity contribution in [2.45, 2.75) is 13.1 Å². The topological polar surface area (TPSA) is 24.9 Å². The number of nitrogens with one attached hydrogen (secondary N) is 1. The van der Waals surface area contributed by atoms with Gasteiger partial charge >= 0.3 is 0 Å². The van der Waals surface area contributed by atoms with Crippen LogP contribution in [0.4, 0.5) is 4.39 Å². The van der Waals surface area contributed by atoms with Crippen LogP contribution in [0.1, 0.15) is 11.1 Å². The first-order chi connectivity index (χ1) is 10.2. The Bertz CT molecular complexity index is 748. The predicted octanol–water partition coefficient (Wildman–Crippen LogP) is 4.43. The molecule has 0 fully saturated rings. The van der Waals surface area contributed by atoms with Gasteiger partial charge in [-0.15, -0.1) is 0 Å². The highest BCUT2D eigenvalue weighted by molar-refractivity contribution is 9.10. The molecule has 1 N–H and O–H groups in total. The molecule has 0 aliphatic heterocycles. The van der Waals surface area contributed by atoms with E-state index in [1.165, 1.54) is 6.07 Å². The predicted molar refractivity (Wildman–Crippen MR) is 86.4 cm³/mol. The minimum absolute atomic E-state index is 0.229. The van der Waals surface area contributed by atoms with Crippen LogP contribution in [-0.4, -0.2) is 4.98 Å². The van der Waals surface area contributed by atoms with Crippen molar-refractivity contribution < 1.29 is 4.39 Å². The molecule has 0 aliphatic rings. The zero-order chi connectivity index (χ0) is 14.7. The van der Waals surface area contributed by atoms with Gasteiger partial charge in [0.15, 0.2) is 0 Å². The molecule has 0 atom stereocenters. The molecule has 4 heteroatoms. The van der Waals surface area contributed by atoms with Crippen molar-refractivity contribution in [2.24, 2.45) is 0 Å². The molecule has 0 saturated carbocycles. The second-order valence-corrected chi connectivity index (χ2v) is 5.79. The van der Waals surface area contributed by atoms with Gasteiger partial charge in [0.25, 0.3) is 0 Å². The summed E-state index contributed by atoms with van der Waals surface area (Å²) >= 11 is 3.30. The number of nitrogens with zero attached hydrogens (tertiary/aromatic N) is 1. The molecule has 3 aromatic rings. The van der Waals surface area contributed by atoms with Crippen LogP contribution in [0.3, 0.4) is 0 Å². The van der Waals surface area contributed by atoms with Crippen LogP contribution < -0.4 is 5.32 Å². The van der Waals surface area contributed by atoms with Crippen molar-refractivity contribution in [2.75, 3.05) is 0 Å². The quantitative estimate of drug-likeness (QED) is 0.757. The van der Waals surface area contributed by atoms with E-state index in [2.05, 4.69) is 44.4 Å². The zero-order valence-corrected chi connectivity index (χ0v) is 12.9. The molecular formula is C17H14BrFN2. The average Bonchev–Trinajstić information content (AvgIpc) is 2.46. The van der Waals surface area contributed by atoms with Crippen molar-refractivity contribution >= 4 is 26.8 Å². The molecule has 0 bridgehead atoms. The molecule has 21 heavy (non-hydrogen) atoms. The van der Waals surface area contributed by atoms with Crippen molar-refractivity contribution in [3.05, 3.63) is 76.1 Å². The Balaban J connectivity index is 1.72. The summed E-state index contributed by atoms with van der Waals surface area (Å²) < 4.78 is 14.1. The molecular weight excluding hydrogens is 331 g/mol. The highest BCUT2D eigenvalue weighted by Gasteiger charge is 2.02. The number of para-hydroxylation sites is 1. The van der Waals surface area contributed by atoms with E-state index >= 15 is 0 Å². The molecule has 0 saturated heterocycles. The van der Waals surface area contributed by atoms with Gasteiger partial charge in [-0.3, -0.25) is 4.98 Å². The largest absolute Gasteiger partial charge is 0.309 e. The van der Waals surface area contributed by atoms with Gasteiger partial charge in [0, 0.05) is 29.1 Å². The highest BCUT2D eigenvalue weighted by Crippen LogP contribution is 2.17. The molecule has 0 unspecified atom stereocenters. The lowest BCUT2D eigenvalue weighted by Crippen LogP contribution is -2.13. The van der Waals surface area contributed by atoms with E-state index in [1.54, 1.807) is 12.3 Å². The summed E-state index contributed by atoms with van der Waals surface area (Å²) in [6.45, 7) is 1.31.